The fourth-order valence-corrected chi connectivity index (χ4v) is 2.08. The van der Waals surface area contributed by atoms with E-state index in [0.29, 0.717) is 25.4 Å². The quantitative estimate of drug-likeness (QED) is 0.739. The average Bonchev–Trinajstić information content (AvgIpc) is 2.26. The second kappa shape index (κ2) is 5.64. The molecule has 0 aromatic carbocycles. The maximum atomic E-state index is 11.7. The molecule has 0 radical (unpaired) electrons. The highest BCUT2D eigenvalue weighted by Gasteiger charge is 2.41. The predicted octanol–water partition coefficient (Wildman–Crippen LogP) is 1.05. The number of ether oxygens (including phenoxy) is 1. The summed E-state index contributed by atoms with van der Waals surface area (Å²) >= 11 is 0. The molecule has 1 rings (SSSR count). The van der Waals surface area contributed by atoms with Gasteiger partial charge in [-0.25, -0.2) is 0 Å². The highest BCUT2D eigenvalue weighted by atomic mass is 16.5. The molecule has 0 saturated carbocycles. The number of nitrogens with one attached hydrogen (secondary N) is 1. The Morgan fingerprint density at radius 2 is 2.31 bits per heavy atom. The van der Waals surface area contributed by atoms with Crippen molar-refractivity contribution in [1.29, 1.82) is 0 Å². The van der Waals surface area contributed by atoms with Crippen molar-refractivity contribution in [2.75, 3.05) is 13.2 Å². The van der Waals surface area contributed by atoms with Gasteiger partial charge in [-0.05, 0) is 25.3 Å². The summed E-state index contributed by atoms with van der Waals surface area (Å²) in [6.45, 7) is 7.76. The Bertz CT molecular complexity index is 243. The van der Waals surface area contributed by atoms with E-state index in [-0.39, 0.29) is 12.0 Å². The van der Waals surface area contributed by atoms with Crippen LogP contribution in [-0.2, 0) is 9.53 Å². The molecule has 94 valence electrons. The Morgan fingerprint density at radius 1 is 1.62 bits per heavy atom. The summed E-state index contributed by atoms with van der Waals surface area (Å²) in [5, 5.41) is 3.34. The first-order valence-electron chi connectivity index (χ1n) is 6.16. The van der Waals surface area contributed by atoms with E-state index in [4.69, 9.17) is 10.5 Å². The monoisotopic (exact) mass is 228 g/mol. The second-order valence-corrected chi connectivity index (χ2v) is 5.08. The molecule has 2 atom stereocenters. The zero-order valence-corrected chi connectivity index (χ0v) is 10.6. The van der Waals surface area contributed by atoms with Crippen LogP contribution in [0, 0.1) is 5.92 Å². The Balaban J connectivity index is 2.67. The van der Waals surface area contributed by atoms with Gasteiger partial charge in [0.2, 0.25) is 5.91 Å². The Kier molecular flexibility index (Phi) is 4.74. The summed E-state index contributed by atoms with van der Waals surface area (Å²) in [5.41, 5.74) is 5.00. The number of primary amides is 1. The molecule has 0 aromatic rings. The van der Waals surface area contributed by atoms with Crippen LogP contribution in [0.3, 0.4) is 0 Å². The maximum absolute atomic E-state index is 11.7. The molecule has 0 aromatic heterocycles. The van der Waals surface area contributed by atoms with Crippen LogP contribution in [0.2, 0.25) is 0 Å². The highest BCUT2D eigenvalue weighted by molar-refractivity contribution is 5.84. The first kappa shape index (κ1) is 13.5. The van der Waals surface area contributed by atoms with E-state index in [1.807, 2.05) is 0 Å². The number of carbonyl (C=O) groups excluding carboxylic acids is 1. The first-order valence-corrected chi connectivity index (χ1v) is 6.16. The number of amides is 1. The number of hydrogen-bond donors (Lipinski definition) is 2. The van der Waals surface area contributed by atoms with Crippen molar-refractivity contribution in [1.82, 2.24) is 5.32 Å². The normalized spacial score (nSPS) is 30.6. The first-order chi connectivity index (χ1) is 7.50. The van der Waals surface area contributed by atoms with E-state index in [1.54, 1.807) is 0 Å². The van der Waals surface area contributed by atoms with Crippen molar-refractivity contribution in [3.8, 4) is 0 Å². The smallest absolute Gasteiger partial charge is 0.237 e. The van der Waals surface area contributed by atoms with Gasteiger partial charge in [0.1, 0.15) is 5.54 Å². The minimum Gasteiger partial charge on any atom is -0.378 e. The van der Waals surface area contributed by atoms with Crippen LogP contribution < -0.4 is 11.1 Å². The van der Waals surface area contributed by atoms with Gasteiger partial charge in [0.05, 0.1) is 6.10 Å². The number of carbonyl (C=O) groups is 1. The molecule has 1 heterocycles. The third-order valence-corrected chi connectivity index (χ3v) is 3.23. The van der Waals surface area contributed by atoms with E-state index in [0.717, 1.165) is 13.0 Å². The number of rotatable bonds is 5. The molecule has 0 aliphatic carbocycles. The fraction of sp³-hybridized carbons (Fsp3) is 0.917. The third kappa shape index (κ3) is 3.19. The lowest BCUT2D eigenvalue weighted by Gasteiger charge is -2.39. The van der Waals surface area contributed by atoms with Gasteiger partial charge in [0.15, 0.2) is 0 Å². The van der Waals surface area contributed by atoms with Crippen molar-refractivity contribution in [2.24, 2.45) is 11.7 Å². The molecule has 2 unspecified atom stereocenters. The summed E-state index contributed by atoms with van der Waals surface area (Å²) in [6, 6.07) is 0. The largest absolute Gasteiger partial charge is 0.378 e. The Labute approximate surface area is 97.9 Å². The van der Waals surface area contributed by atoms with Gasteiger partial charge in [-0.3, -0.25) is 4.79 Å². The zero-order valence-electron chi connectivity index (χ0n) is 10.6. The molecule has 0 spiro atoms. The summed E-state index contributed by atoms with van der Waals surface area (Å²) in [7, 11) is 0. The van der Waals surface area contributed by atoms with Crippen LogP contribution in [0.5, 0.6) is 0 Å². The van der Waals surface area contributed by atoms with Gasteiger partial charge in [-0.15, -0.1) is 0 Å². The molecular formula is C12H24N2O2. The minimum absolute atomic E-state index is 0.154. The van der Waals surface area contributed by atoms with Crippen LogP contribution in [0.25, 0.3) is 0 Å². The van der Waals surface area contributed by atoms with Gasteiger partial charge in [0, 0.05) is 13.0 Å². The lowest BCUT2D eigenvalue weighted by atomic mass is 9.84. The molecule has 1 amide bonds. The highest BCUT2D eigenvalue weighted by Crippen LogP contribution is 2.26. The number of nitrogens with two attached hydrogens (primary N) is 1. The third-order valence-electron chi connectivity index (χ3n) is 3.23. The van der Waals surface area contributed by atoms with Gasteiger partial charge < -0.3 is 15.8 Å². The van der Waals surface area contributed by atoms with E-state index in [9.17, 15) is 4.79 Å². The summed E-state index contributed by atoms with van der Waals surface area (Å²) in [5.74, 6) is 0.272. The minimum atomic E-state index is -0.552. The van der Waals surface area contributed by atoms with Gasteiger partial charge in [-0.2, -0.15) is 0 Å². The molecule has 3 N–H and O–H groups in total. The lowest BCUT2D eigenvalue weighted by Crippen LogP contribution is -2.60. The lowest BCUT2D eigenvalue weighted by molar-refractivity contribution is -0.131. The molecule has 4 nitrogen and oxygen atoms in total. The van der Waals surface area contributed by atoms with Crippen LogP contribution in [0.1, 0.15) is 40.0 Å². The molecular weight excluding hydrogens is 204 g/mol. The van der Waals surface area contributed by atoms with Crippen LogP contribution in [0.15, 0.2) is 0 Å². The summed E-state index contributed by atoms with van der Waals surface area (Å²) in [6.07, 6.45) is 2.47. The van der Waals surface area contributed by atoms with Crippen LogP contribution in [0.4, 0.5) is 0 Å². The Hall–Kier alpha value is -0.610. The second-order valence-electron chi connectivity index (χ2n) is 5.08. The molecule has 16 heavy (non-hydrogen) atoms. The molecule has 1 fully saturated rings. The van der Waals surface area contributed by atoms with Crippen molar-refractivity contribution < 1.29 is 9.53 Å². The Morgan fingerprint density at radius 3 is 2.81 bits per heavy atom. The summed E-state index contributed by atoms with van der Waals surface area (Å²) < 4.78 is 5.59. The van der Waals surface area contributed by atoms with Gasteiger partial charge >= 0.3 is 0 Å². The molecule has 1 saturated heterocycles. The van der Waals surface area contributed by atoms with E-state index in [1.165, 1.54) is 0 Å². The maximum Gasteiger partial charge on any atom is 0.237 e. The number of hydrogen-bond acceptors (Lipinski definition) is 3. The van der Waals surface area contributed by atoms with Crippen molar-refractivity contribution >= 4 is 5.91 Å². The van der Waals surface area contributed by atoms with Gasteiger partial charge in [0.25, 0.3) is 0 Å². The van der Waals surface area contributed by atoms with Crippen molar-refractivity contribution in [3.05, 3.63) is 0 Å². The van der Waals surface area contributed by atoms with Crippen LogP contribution >= 0.6 is 0 Å². The predicted molar refractivity (Wildman–Crippen MR) is 64.0 cm³/mol. The van der Waals surface area contributed by atoms with Crippen molar-refractivity contribution in [3.63, 3.8) is 0 Å². The molecule has 1 aliphatic heterocycles. The molecule has 4 heteroatoms. The standard InChI is InChI=1S/C12H24N2O2/c1-4-10-7-12(11(13)15,5-6-16-10)14-8-9(2)3/h9-10,14H,4-8H2,1-3H3,(H2,13,15). The van der Waals surface area contributed by atoms with E-state index >= 15 is 0 Å². The topological polar surface area (TPSA) is 64.3 Å². The zero-order chi connectivity index (χ0) is 12.2. The SMILES string of the molecule is CCC1CC(NCC(C)C)(C(N)=O)CCO1. The summed E-state index contributed by atoms with van der Waals surface area (Å²) in [4.78, 5) is 11.7. The molecule has 0 bridgehead atoms. The molecule has 1 aliphatic rings. The van der Waals surface area contributed by atoms with E-state index < -0.39 is 5.54 Å². The average molecular weight is 228 g/mol. The van der Waals surface area contributed by atoms with Crippen molar-refractivity contribution in [2.45, 2.75) is 51.7 Å². The van der Waals surface area contributed by atoms with Gasteiger partial charge in [-0.1, -0.05) is 20.8 Å². The van der Waals surface area contributed by atoms with E-state index in [2.05, 4.69) is 26.1 Å². The van der Waals surface area contributed by atoms with Crippen LogP contribution in [-0.4, -0.2) is 30.7 Å². The fourth-order valence-electron chi connectivity index (χ4n) is 2.08.